The van der Waals surface area contributed by atoms with Crippen LogP contribution in [0.1, 0.15) is 31.7 Å². The molecule has 126 valence electrons. The quantitative estimate of drug-likeness (QED) is 0.754. The Hall–Kier alpha value is -1.26. The molecule has 4 nitrogen and oxygen atoms in total. The fourth-order valence-electron chi connectivity index (χ4n) is 2.75. The monoisotopic (exact) mass is 357 g/mol. The molecule has 1 saturated heterocycles. The van der Waals surface area contributed by atoms with E-state index in [4.69, 9.17) is 27.9 Å². The second-order valence-corrected chi connectivity index (χ2v) is 6.49. The van der Waals surface area contributed by atoms with Gasteiger partial charge < -0.3 is 9.64 Å². The Morgan fingerprint density at radius 3 is 2.57 bits per heavy atom. The third kappa shape index (κ3) is 5.11. The van der Waals surface area contributed by atoms with Gasteiger partial charge in [-0.1, -0.05) is 29.3 Å². The molecule has 0 aliphatic carbocycles. The number of likely N-dealkylation sites (tertiary alicyclic amines) is 1. The molecule has 1 aliphatic rings. The molecule has 23 heavy (non-hydrogen) atoms. The third-order valence-electron chi connectivity index (χ3n) is 4.09. The van der Waals surface area contributed by atoms with Crippen LogP contribution in [0.2, 0.25) is 10.0 Å². The van der Waals surface area contributed by atoms with Gasteiger partial charge in [0.25, 0.3) is 0 Å². The number of esters is 1. The molecule has 0 aromatic heterocycles. The second kappa shape index (κ2) is 8.55. The number of hydrogen-bond acceptors (Lipinski definition) is 3. The van der Waals surface area contributed by atoms with Gasteiger partial charge in [0.05, 0.1) is 12.5 Å². The molecule has 0 atom stereocenters. The summed E-state index contributed by atoms with van der Waals surface area (Å²) < 4.78 is 5.04. The Bertz CT molecular complexity index is 569. The average molecular weight is 358 g/mol. The summed E-state index contributed by atoms with van der Waals surface area (Å²) in [4.78, 5) is 25.8. The highest BCUT2D eigenvalue weighted by molar-refractivity contribution is 6.35. The Morgan fingerprint density at radius 2 is 1.96 bits per heavy atom. The summed E-state index contributed by atoms with van der Waals surface area (Å²) in [6, 6.07) is 5.32. The van der Waals surface area contributed by atoms with Crippen LogP contribution in [0.4, 0.5) is 0 Å². The molecule has 0 N–H and O–H groups in total. The van der Waals surface area contributed by atoms with E-state index >= 15 is 0 Å². The lowest BCUT2D eigenvalue weighted by molar-refractivity contribution is -0.151. The van der Waals surface area contributed by atoms with Crippen LogP contribution in [-0.4, -0.2) is 36.5 Å². The maximum absolute atomic E-state index is 12.3. The number of carbonyl (C=O) groups excluding carboxylic acids is 2. The van der Waals surface area contributed by atoms with Crippen molar-refractivity contribution in [2.75, 3.05) is 19.7 Å². The summed E-state index contributed by atoms with van der Waals surface area (Å²) in [5.74, 6) is -0.129. The van der Waals surface area contributed by atoms with E-state index in [9.17, 15) is 9.59 Å². The zero-order chi connectivity index (χ0) is 16.8. The number of carbonyl (C=O) groups is 2. The third-order valence-corrected chi connectivity index (χ3v) is 4.68. The van der Waals surface area contributed by atoms with Crippen LogP contribution >= 0.6 is 23.2 Å². The Kier molecular flexibility index (Phi) is 6.72. The highest BCUT2D eigenvalue weighted by Gasteiger charge is 2.27. The molecule has 0 spiro atoms. The summed E-state index contributed by atoms with van der Waals surface area (Å²) in [5, 5.41) is 1.18. The number of aryl methyl sites for hydroxylation is 1. The van der Waals surface area contributed by atoms with Crippen molar-refractivity contribution in [3.05, 3.63) is 33.8 Å². The average Bonchev–Trinajstić information content (AvgIpc) is 2.54. The lowest BCUT2D eigenvalue weighted by Crippen LogP contribution is -2.40. The van der Waals surface area contributed by atoms with Gasteiger partial charge in [-0.05, 0) is 43.9 Å². The largest absolute Gasteiger partial charge is 0.466 e. The molecule has 1 amide bonds. The molecule has 0 saturated carbocycles. The first kappa shape index (κ1) is 18.1. The summed E-state index contributed by atoms with van der Waals surface area (Å²) in [5.41, 5.74) is 0.922. The lowest BCUT2D eigenvalue weighted by atomic mass is 9.96. The molecule has 1 fully saturated rings. The minimum Gasteiger partial charge on any atom is -0.466 e. The van der Waals surface area contributed by atoms with Gasteiger partial charge in [0.2, 0.25) is 5.91 Å². The topological polar surface area (TPSA) is 46.6 Å². The first-order chi connectivity index (χ1) is 11.0. The van der Waals surface area contributed by atoms with E-state index in [1.807, 2.05) is 11.0 Å². The van der Waals surface area contributed by atoms with Crippen molar-refractivity contribution in [3.8, 4) is 0 Å². The van der Waals surface area contributed by atoms with Crippen molar-refractivity contribution in [1.82, 2.24) is 4.90 Å². The normalized spacial score (nSPS) is 15.5. The van der Waals surface area contributed by atoms with Crippen molar-refractivity contribution in [2.45, 2.75) is 32.6 Å². The van der Waals surface area contributed by atoms with Gasteiger partial charge in [-0.3, -0.25) is 9.59 Å². The molecule has 2 rings (SSSR count). The number of hydrogen-bond donors (Lipinski definition) is 0. The van der Waals surface area contributed by atoms with E-state index in [2.05, 4.69) is 0 Å². The van der Waals surface area contributed by atoms with Crippen molar-refractivity contribution in [2.24, 2.45) is 5.92 Å². The van der Waals surface area contributed by atoms with Crippen LogP contribution in [0.15, 0.2) is 18.2 Å². The first-order valence-electron chi connectivity index (χ1n) is 7.89. The predicted octanol–water partition coefficient (Wildman–Crippen LogP) is 3.73. The maximum atomic E-state index is 12.3. The van der Waals surface area contributed by atoms with Crippen molar-refractivity contribution >= 4 is 35.1 Å². The number of rotatable bonds is 5. The minimum absolute atomic E-state index is 0.0790. The van der Waals surface area contributed by atoms with Gasteiger partial charge in [0.1, 0.15) is 0 Å². The Morgan fingerprint density at radius 1 is 1.26 bits per heavy atom. The van der Waals surface area contributed by atoms with E-state index in [1.54, 1.807) is 19.1 Å². The molecule has 6 heteroatoms. The molecule has 1 aliphatic heterocycles. The fraction of sp³-hybridized carbons (Fsp3) is 0.529. The van der Waals surface area contributed by atoms with Gasteiger partial charge in [0, 0.05) is 29.6 Å². The molecule has 1 heterocycles. The highest BCUT2D eigenvalue weighted by Crippen LogP contribution is 2.23. The van der Waals surface area contributed by atoms with Crippen LogP contribution in [-0.2, 0) is 20.7 Å². The number of benzene rings is 1. The van der Waals surface area contributed by atoms with Crippen LogP contribution < -0.4 is 0 Å². The Balaban J connectivity index is 1.80. The SMILES string of the molecule is CCOC(=O)C1CCN(C(=O)CCc2ccc(Cl)cc2Cl)CC1. The molecule has 0 radical (unpaired) electrons. The van der Waals surface area contributed by atoms with Gasteiger partial charge in [-0.25, -0.2) is 0 Å². The van der Waals surface area contributed by atoms with Crippen LogP contribution in [0.25, 0.3) is 0 Å². The zero-order valence-corrected chi connectivity index (χ0v) is 14.7. The van der Waals surface area contributed by atoms with Gasteiger partial charge >= 0.3 is 5.97 Å². The molecule has 0 bridgehead atoms. The van der Waals surface area contributed by atoms with Gasteiger partial charge in [-0.15, -0.1) is 0 Å². The highest BCUT2D eigenvalue weighted by atomic mass is 35.5. The maximum Gasteiger partial charge on any atom is 0.309 e. The van der Waals surface area contributed by atoms with Gasteiger partial charge in [-0.2, -0.15) is 0 Å². The van der Waals surface area contributed by atoms with Crippen LogP contribution in [0, 0.1) is 5.92 Å². The van der Waals surface area contributed by atoms with E-state index in [0.717, 1.165) is 5.56 Å². The predicted molar refractivity (Wildman–Crippen MR) is 90.7 cm³/mol. The first-order valence-corrected chi connectivity index (χ1v) is 8.65. The number of ether oxygens (including phenoxy) is 1. The number of amides is 1. The molecule has 1 aromatic rings. The molecule has 1 aromatic carbocycles. The zero-order valence-electron chi connectivity index (χ0n) is 13.2. The van der Waals surface area contributed by atoms with E-state index < -0.39 is 0 Å². The number of piperidine rings is 1. The standard InChI is InChI=1S/C17H21Cl2NO3/c1-2-23-17(22)13-7-9-20(10-8-13)16(21)6-4-12-3-5-14(18)11-15(12)19/h3,5,11,13H,2,4,6-10H2,1H3. The Labute approximate surface area is 146 Å². The fourth-order valence-corrected chi connectivity index (χ4v) is 3.25. The minimum atomic E-state index is -0.146. The number of halogens is 2. The smallest absolute Gasteiger partial charge is 0.309 e. The van der Waals surface area contributed by atoms with Crippen molar-refractivity contribution < 1.29 is 14.3 Å². The summed E-state index contributed by atoms with van der Waals surface area (Å²) in [6.07, 6.45) is 2.34. The van der Waals surface area contributed by atoms with Crippen molar-refractivity contribution in [3.63, 3.8) is 0 Å². The number of nitrogens with zero attached hydrogens (tertiary/aromatic N) is 1. The summed E-state index contributed by atoms with van der Waals surface area (Å²) >= 11 is 12.0. The molecular weight excluding hydrogens is 337 g/mol. The van der Waals surface area contributed by atoms with Crippen LogP contribution in [0.3, 0.4) is 0 Å². The lowest BCUT2D eigenvalue weighted by Gasteiger charge is -2.31. The summed E-state index contributed by atoms with van der Waals surface area (Å²) in [7, 11) is 0. The van der Waals surface area contributed by atoms with E-state index in [1.165, 1.54) is 0 Å². The van der Waals surface area contributed by atoms with E-state index in [-0.39, 0.29) is 17.8 Å². The van der Waals surface area contributed by atoms with Crippen molar-refractivity contribution in [1.29, 1.82) is 0 Å². The van der Waals surface area contributed by atoms with E-state index in [0.29, 0.717) is 55.4 Å². The molecular formula is C17H21Cl2NO3. The second-order valence-electron chi connectivity index (χ2n) is 5.64. The molecule has 0 unspecified atom stereocenters. The van der Waals surface area contributed by atoms with Gasteiger partial charge in [0.15, 0.2) is 0 Å². The van der Waals surface area contributed by atoms with Crippen LogP contribution in [0.5, 0.6) is 0 Å². The summed E-state index contributed by atoms with van der Waals surface area (Å²) in [6.45, 7) is 3.42.